The van der Waals surface area contributed by atoms with Crippen LogP contribution in [0.2, 0.25) is 0 Å². The highest BCUT2D eigenvalue weighted by Gasteiger charge is 2.16. The molecule has 136 valence electrons. The normalized spacial score (nSPS) is 10.1. The predicted molar refractivity (Wildman–Crippen MR) is 92.5 cm³/mol. The number of carbonyl (C=O) groups excluding carboxylic acids is 2. The van der Waals surface area contributed by atoms with Crippen LogP contribution in [-0.2, 0) is 14.3 Å². The molecule has 0 radical (unpaired) electrons. The Morgan fingerprint density at radius 1 is 0.880 bits per heavy atom. The molecule has 6 nitrogen and oxygen atoms in total. The topological polar surface area (TPSA) is 89.9 Å². The number of carbonyl (C=O) groups is 3. The molecule has 0 bridgehead atoms. The molecule has 0 saturated carbocycles. The molecule has 0 aromatic heterocycles. The number of esters is 2. The van der Waals surface area contributed by atoms with Crippen molar-refractivity contribution in [1.29, 1.82) is 0 Å². The molecular formula is C19H24O6. The molecular weight excluding hydrogens is 324 g/mol. The Morgan fingerprint density at radius 3 is 1.96 bits per heavy atom. The van der Waals surface area contributed by atoms with Gasteiger partial charge in [-0.05, 0) is 25.0 Å². The molecule has 0 saturated heterocycles. The summed E-state index contributed by atoms with van der Waals surface area (Å²) in [5.41, 5.74) is 0.0220. The number of rotatable bonds is 12. The number of ether oxygens (including phenoxy) is 2. The van der Waals surface area contributed by atoms with Crippen molar-refractivity contribution >= 4 is 17.9 Å². The van der Waals surface area contributed by atoms with Gasteiger partial charge in [-0.3, -0.25) is 0 Å². The second kappa shape index (κ2) is 11.8. The maximum atomic E-state index is 11.9. The van der Waals surface area contributed by atoms with E-state index in [1.54, 1.807) is 12.1 Å². The van der Waals surface area contributed by atoms with Crippen LogP contribution in [0.15, 0.2) is 36.9 Å². The summed E-state index contributed by atoms with van der Waals surface area (Å²) < 4.78 is 10.0. The highest BCUT2D eigenvalue weighted by atomic mass is 16.5. The summed E-state index contributed by atoms with van der Waals surface area (Å²) in [5, 5.41) is 9.05. The quantitative estimate of drug-likeness (QED) is 0.352. The van der Waals surface area contributed by atoms with Gasteiger partial charge in [0.15, 0.2) is 0 Å². The standard InChI is InChI=1S/C19H24O6/c1-2-17(20)24-13-9-5-3-4-6-10-14-25-19(23)16-12-8-7-11-15(16)18(21)22/h2,7-8,11-12H,1,3-6,9-10,13-14H2,(H,21,22). The van der Waals surface area contributed by atoms with E-state index in [2.05, 4.69) is 6.58 Å². The molecule has 0 fully saturated rings. The lowest BCUT2D eigenvalue weighted by Gasteiger charge is -2.07. The van der Waals surface area contributed by atoms with Gasteiger partial charge in [0, 0.05) is 6.08 Å². The number of carboxylic acid groups (broad SMARTS) is 1. The maximum Gasteiger partial charge on any atom is 0.339 e. The summed E-state index contributed by atoms with van der Waals surface area (Å²) in [7, 11) is 0. The summed E-state index contributed by atoms with van der Waals surface area (Å²) in [6.45, 7) is 4.00. The number of benzene rings is 1. The van der Waals surface area contributed by atoms with Gasteiger partial charge >= 0.3 is 17.9 Å². The van der Waals surface area contributed by atoms with Crippen LogP contribution in [0.5, 0.6) is 0 Å². The van der Waals surface area contributed by atoms with Crippen LogP contribution in [0.1, 0.15) is 59.2 Å². The lowest BCUT2D eigenvalue weighted by Crippen LogP contribution is -2.12. The third-order valence-corrected chi connectivity index (χ3v) is 3.56. The molecule has 0 heterocycles. The van der Waals surface area contributed by atoms with E-state index >= 15 is 0 Å². The van der Waals surface area contributed by atoms with Gasteiger partial charge in [0.05, 0.1) is 24.3 Å². The molecule has 0 unspecified atom stereocenters. The van der Waals surface area contributed by atoms with Crippen molar-refractivity contribution in [2.75, 3.05) is 13.2 Å². The van der Waals surface area contributed by atoms with E-state index in [0.717, 1.165) is 44.6 Å². The summed E-state index contributed by atoms with van der Waals surface area (Å²) in [6, 6.07) is 6.00. The summed E-state index contributed by atoms with van der Waals surface area (Å²) in [4.78, 5) is 33.8. The second-order valence-corrected chi connectivity index (χ2v) is 5.48. The number of hydrogen-bond donors (Lipinski definition) is 1. The zero-order valence-corrected chi connectivity index (χ0v) is 14.2. The van der Waals surface area contributed by atoms with Crippen molar-refractivity contribution in [3.8, 4) is 0 Å². The zero-order chi connectivity index (χ0) is 18.5. The number of hydrogen-bond acceptors (Lipinski definition) is 5. The zero-order valence-electron chi connectivity index (χ0n) is 14.2. The van der Waals surface area contributed by atoms with Crippen LogP contribution >= 0.6 is 0 Å². The first-order chi connectivity index (χ1) is 12.1. The van der Waals surface area contributed by atoms with Gasteiger partial charge in [0.1, 0.15) is 0 Å². The molecule has 0 spiro atoms. The Kier molecular flexibility index (Phi) is 9.67. The van der Waals surface area contributed by atoms with E-state index in [4.69, 9.17) is 14.6 Å². The first-order valence-electron chi connectivity index (χ1n) is 8.35. The van der Waals surface area contributed by atoms with E-state index < -0.39 is 17.9 Å². The smallest absolute Gasteiger partial charge is 0.339 e. The van der Waals surface area contributed by atoms with Gasteiger partial charge in [-0.1, -0.05) is 44.4 Å². The molecule has 1 aromatic carbocycles. The van der Waals surface area contributed by atoms with E-state index in [1.807, 2.05) is 0 Å². The Morgan fingerprint density at radius 2 is 1.40 bits per heavy atom. The third kappa shape index (κ3) is 8.15. The van der Waals surface area contributed by atoms with Crippen molar-refractivity contribution in [2.45, 2.75) is 38.5 Å². The van der Waals surface area contributed by atoms with Crippen molar-refractivity contribution < 1.29 is 29.0 Å². The van der Waals surface area contributed by atoms with Gasteiger partial charge in [-0.2, -0.15) is 0 Å². The number of unbranched alkanes of at least 4 members (excludes halogenated alkanes) is 5. The lowest BCUT2D eigenvalue weighted by atomic mass is 10.1. The Balaban J connectivity index is 2.10. The van der Waals surface area contributed by atoms with Crippen LogP contribution in [0, 0.1) is 0 Å². The van der Waals surface area contributed by atoms with Crippen LogP contribution in [0.4, 0.5) is 0 Å². The molecule has 1 N–H and O–H groups in total. The van der Waals surface area contributed by atoms with Crippen LogP contribution in [0.3, 0.4) is 0 Å². The second-order valence-electron chi connectivity index (χ2n) is 5.48. The van der Waals surface area contributed by atoms with Gasteiger partial charge in [-0.15, -0.1) is 0 Å². The summed E-state index contributed by atoms with van der Waals surface area (Å²) in [6.07, 6.45) is 6.60. The van der Waals surface area contributed by atoms with Crippen LogP contribution in [-0.4, -0.2) is 36.2 Å². The highest BCUT2D eigenvalue weighted by Crippen LogP contribution is 2.11. The average molecular weight is 348 g/mol. The number of aromatic carboxylic acids is 1. The first-order valence-corrected chi connectivity index (χ1v) is 8.35. The fraction of sp³-hybridized carbons (Fsp3) is 0.421. The number of carboxylic acids is 1. The first kappa shape index (κ1) is 20.4. The molecule has 25 heavy (non-hydrogen) atoms. The van der Waals surface area contributed by atoms with Crippen molar-refractivity contribution in [2.24, 2.45) is 0 Å². The van der Waals surface area contributed by atoms with Gasteiger partial charge in [0.2, 0.25) is 0 Å². The van der Waals surface area contributed by atoms with Crippen molar-refractivity contribution in [1.82, 2.24) is 0 Å². The molecule has 0 aliphatic carbocycles. The minimum absolute atomic E-state index is 0.0512. The molecule has 0 aliphatic rings. The molecule has 1 aromatic rings. The van der Waals surface area contributed by atoms with E-state index in [1.165, 1.54) is 12.1 Å². The van der Waals surface area contributed by atoms with Crippen LogP contribution < -0.4 is 0 Å². The summed E-state index contributed by atoms with van der Waals surface area (Å²) in [5.74, 6) is -2.15. The molecule has 6 heteroatoms. The fourth-order valence-corrected chi connectivity index (χ4v) is 2.23. The van der Waals surface area contributed by atoms with Gasteiger partial charge < -0.3 is 14.6 Å². The van der Waals surface area contributed by atoms with E-state index in [-0.39, 0.29) is 17.7 Å². The highest BCUT2D eigenvalue weighted by molar-refractivity contribution is 6.02. The van der Waals surface area contributed by atoms with Crippen LogP contribution in [0.25, 0.3) is 0 Å². The molecule has 0 atom stereocenters. The predicted octanol–water partition coefficient (Wildman–Crippen LogP) is 3.61. The Labute approximate surface area is 147 Å². The molecule has 0 aliphatic heterocycles. The Bertz CT molecular complexity index is 593. The van der Waals surface area contributed by atoms with Gasteiger partial charge in [-0.25, -0.2) is 14.4 Å². The fourth-order valence-electron chi connectivity index (χ4n) is 2.23. The molecule has 0 amide bonds. The minimum atomic E-state index is -1.15. The monoisotopic (exact) mass is 348 g/mol. The third-order valence-electron chi connectivity index (χ3n) is 3.56. The minimum Gasteiger partial charge on any atom is -0.478 e. The lowest BCUT2D eigenvalue weighted by molar-refractivity contribution is -0.137. The summed E-state index contributed by atoms with van der Waals surface area (Å²) >= 11 is 0. The maximum absolute atomic E-state index is 11.9. The SMILES string of the molecule is C=CC(=O)OCCCCCCCCOC(=O)c1ccccc1C(=O)O. The van der Waals surface area contributed by atoms with Crippen molar-refractivity contribution in [3.63, 3.8) is 0 Å². The van der Waals surface area contributed by atoms with Crippen molar-refractivity contribution in [3.05, 3.63) is 48.0 Å². The van der Waals surface area contributed by atoms with E-state index in [9.17, 15) is 14.4 Å². The molecule has 1 rings (SSSR count). The van der Waals surface area contributed by atoms with E-state index in [0.29, 0.717) is 6.61 Å². The largest absolute Gasteiger partial charge is 0.478 e. The average Bonchev–Trinajstić information content (AvgIpc) is 2.62. The Hall–Kier alpha value is -2.63. The van der Waals surface area contributed by atoms with Gasteiger partial charge in [0.25, 0.3) is 0 Å².